The highest BCUT2D eigenvalue weighted by Crippen LogP contribution is 2.15. The molecule has 0 amide bonds. The van der Waals surface area contributed by atoms with Gasteiger partial charge < -0.3 is 19.5 Å². The molecule has 1 fully saturated rings. The van der Waals surface area contributed by atoms with Gasteiger partial charge >= 0.3 is 11.9 Å². The van der Waals surface area contributed by atoms with Crippen LogP contribution in [-0.2, 0) is 19.1 Å². The number of anilines is 1. The number of para-hydroxylation sites is 1. The highest BCUT2D eigenvalue weighted by molar-refractivity contribution is 5.80. The Balaban J connectivity index is 1.94. The maximum absolute atomic E-state index is 12.0. The van der Waals surface area contributed by atoms with E-state index in [4.69, 9.17) is 14.6 Å². The van der Waals surface area contributed by atoms with E-state index in [2.05, 4.69) is 0 Å². The van der Waals surface area contributed by atoms with Crippen LogP contribution in [0, 0.1) is 0 Å². The van der Waals surface area contributed by atoms with E-state index in [9.17, 15) is 9.59 Å². The Morgan fingerprint density at radius 3 is 2.48 bits per heavy atom. The SMILES string of the molecule is O=C(O)CN(CC(=O)OC1CCOCC1)c1ccccc1. The first-order chi connectivity index (χ1) is 10.1. The van der Waals surface area contributed by atoms with Gasteiger partial charge in [-0.15, -0.1) is 0 Å². The number of hydrogen-bond acceptors (Lipinski definition) is 5. The van der Waals surface area contributed by atoms with E-state index in [-0.39, 0.29) is 19.2 Å². The van der Waals surface area contributed by atoms with Gasteiger partial charge in [0.15, 0.2) is 0 Å². The quantitative estimate of drug-likeness (QED) is 0.797. The Morgan fingerprint density at radius 2 is 1.86 bits per heavy atom. The fourth-order valence-corrected chi connectivity index (χ4v) is 2.21. The van der Waals surface area contributed by atoms with Crippen molar-refractivity contribution in [2.24, 2.45) is 0 Å². The molecule has 1 aliphatic rings. The summed E-state index contributed by atoms with van der Waals surface area (Å²) in [6.07, 6.45) is 1.25. The average molecular weight is 293 g/mol. The van der Waals surface area contributed by atoms with E-state index in [1.54, 1.807) is 24.3 Å². The summed E-state index contributed by atoms with van der Waals surface area (Å²) >= 11 is 0. The Bertz CT molecular complexity index is 470. The van der Waals surface area contributed by atoms with Crippen molar-refractivity contribution in [3.63, 3.8) is 0 Å². The standard InChI is InChI=1S/C15H19NO5/c17-14(18)10-16(12-4-2-1-3-5-12)11-15(19)21-13-6-8-20-9-7-13/h1-5,13H,6-11H2,(H,17,18). The van der Waals surface area contributed by atoms with Gasteiger partial charge in [0.05, 0.1) is 13.2 Å². The summed E-state index contributed by atoms with van der Waals surface area (Å²) in [5.74, 6) is -1.40. The monoisotopic (exact) mass is 293 g/mol. The largest absolute Gasteiger partial charge is 0.480 e. The van der Waals surface area contributed by atoms with Crippen LogP contribution in [0.3, 0.4) is 0 Å². The third-order valence-electron chi connectivity index (χ3n) is 3.23. The van der Waals surface area contributed by atoms with Gasteiger partial charge in [0, 0.05) is 18.5 Å². The van der Waals surface area contributed by atoms with Crippen molar-refractivity contribution in [3.05, 3.63) is 30.3 Å². The Morgan fingerprint density at radius 1 is 1.19 bits per heavy atom. The molecule has 0 saturated carbocycles. The van der Waals surface area contributed by atoms with Crippen LogP contribution < -0.4 is 4.90 Å². The number of nitrogens with zero attached hydrogens (tertiary/aromatic N) is 1. The first kappa shape index (κ1) is 15.3. The summed E-state index contributed by atoms with van der Waals surface area (Å²) in [4.78, 5) is 24.4. The van der Waals surface area contributed by atoms with Crippen LogP contribution in [0.2, 0.25) is 0 Å². The van der Waals surface area contributed by atoms with Crippen molar-refractivity contribution in [1.29, 1.82) is 0 Å². The summed E-state index contributed by atoms with van der Waals surface area (Å²) in [6.45, 7) is 0.867. The molecule has 1 aliphatic heterocycles. The molecular weight excluding hydrogens is 274 g/mol. The van der Waals surface area contributed by atoms with E-state index < -0.39 is 11.9 Å². The molecule has 0 aromatic heterocycles. The molecule has 0 aliphatic carbocycles. The molecule has 6 nitrogen and oxygen atoms in total. The predicted molar refractivity (Wildman–Crippen MR) is 76.2 cm³/mol. The molecule has 0 radical (unpaired) electrons. The number of carbonyl (C=O) groups is 2. The van der Waals surface area contributed by atoms with Crippen LogP contribution in [0.25, 0.3) is 0 Å². The fraction of sp³-hybridized carbons (Fsp3) is 0.467. The van der Waals surface area contributed by atoms with E-state index in [0.29, 0.717) is 31.7 Å². The van der Waals surface area contributed by atoms with E-state index in [1.165, 1.54) is 4.90 Å². The maximum atomic E-state index is 12.0. The minimum absolute atomic E-state index is 0.0757. The molecule has 1 heterocycles. The zero-order chi connectivity index (χ0) is 15.1. The number of carboxylic acids is 1. The highest BCUT2D eigenvalue weighted by atomic mass is 16.6. The van der Waals surface area contributed by atoms with Crippen molar-refractivity contribution < 1.29 is 24.2 Å². The molecule has 0 bridgehead atoms. The van der Waals surface area contributed by atoms with Crippen LogP contribution in [0.1, 0.15) is 12.8 Å². The van der Waals surface area contributed by atoms with Crippen molar-refractivity contribution in [2.45, 2.75) is 18.9 Å². The molecule has 114 valence electrons. The van der Waals surface area contributed by atoms with Gasteiger partial charge in [-0.2, -0.15) is 0 Å². The summed E-state index contributed by atoms with van der Waals surface area (Å²) in [5, 5.41) is 8.97. The molecule has 0 unspecified atom stereocenters. The third-order valence-corrected chi connectivity index (χ3v) is 3.23. The summed E-state index contributed by atoms with van der Waals surface area (Å²) in [6, 6.07) is 8.97. The first-order valence-electron chi connectivity index (χ1n) is 6.94. The average Bonchev–Trinajstić information content (AvgIpc) is 2.48. The zero-order valence-electron chi connectivity index (χ0n) is 11.7. The van der Waals surface area contributed by atoms with E-state index in [1.807, 2.05) is 6.07 Å². The number of rotatable bonds is 6. The molecule has 1 saturated heterocycles. The molecule has 1 aromatic rings. The van der Waals surface area contributed by atoms with Crippen molar-refractivity contribution in [2.75, 3.05) is 31.2 Å². The van der Waals surface area contributed by atoms with Gasteiger partial charge in [-0.05, 0) is 12.1 Å². The summed E-state index contributed by atoms with van der Waals surface area (Å²) in [7, 11) is 0. The second-order valence-corrected chi connectivity index (χ2v) is 4.89. The summed E-state index contributed by atoms with van der Waals surface area (Å²) < 4.78 is 10.6. The number of esters is 1. The van der Waals surface area contributed by atoms with Gasteiger partial charge in [0.2, 0.25) is 0 Å². The van der Waals surface area contributed by atoms with Gasteiger partial charge in [-0.1, -0.05) is 18.2 Å². The van der Waals surface area contributed by atoms with Gasteiger partial charge in [0.1, 0.15) is 19.2 Å². The number of ether oxygens (including phenoxy) is 2. The molecular formula is C15H19NO5. The molecule has 1 aromatic carbocycles. The number of carboxylic acid groups (broad SMARTS) is 1. The molecule has 6 heteroatoms. The third kappa shape index (κ3) is 5.07. The van der Waals surface area contributed by atoms with Crippen LogP contribution in [-0.4, -0.2) is 49.5 Å². The fourth-order valence-electron chi connectivity index (χ4n) is 2.21. The lowest BCUT2D eigenvalue weighted by atomic mass is 10.1. The lowest BCUT2D eigenvalue weighted by Crippen LogP contribution is -2.37. The minimum atomic E-state index is -0.988. The van der Waals surface area contributed by atoms with Crippen molar-refractivity contribution >= 4 is 17.6 Å². The Kier molecular flexibility index (Phi) is 5.57. The minimum Gasteiger partial charge on any atom is -0.480 e. The first-order valence-corrected chi connectivity index (χ1v) is 6.94. The topological polar surface area (TPSA) is 76.1 Å². The second-order valence-electron chi connectivity index (χ2n) is 4.89. The highest BCUT2D eigenvalue weighted by Gasteiger charge is 2.21. The molecule has 21 heavy (non-hydrogen) atoms. The number of carbonyl (C=O) groups excluding carboxylic acids is 1. The molecule has 0 atom stereocenters. The Hall–Kier alpha value is -2.08. The molecule has 1 N–H and O–H groups in total. The van der Waals surface area contributed by atoms with Crippen molar-refractivity contribution in [1.82, 2.24) is 0 Å². The van der Waals surface area contributed by atoms with Crippen LogP contribution in [0.15, 0.2) is 30.3 Å². The number of aliphatic carboxylic acids is 1. The molecule has 0 spiro atoms. The lowest BCUT2D eigenvalue weighted by molar-refractivity contribution is -0.151. The zero-order valence-corrected chi connectivity index (χ0v) is 11.7. The van der Waals surface area contributed by atoms with Gasteiger partial charge in [0.25, 0.3) is 0 Å². The van der Waals surface area contributed by atoms with Gasteiger partial charge in [-0.3, -0.25) is 9.59 Å². The molecule has 2 rings (SSSR count). The van der Waals surface area contributed by atoms with Crippen molar-refractivity contribution in [3.8, 4) is 0 Å². The van der Waals surface area contributed by atoms with Crippen LogP contribution >= 0.6 is 0 Å². The van der Waals surface area contributed by atoms with Gasteiger partial charge in [-0.25, -0.2) is 0 Å². The van der Waals surface area contributed by atoms with Crippen LogP contribution in [0.5, 0.6) is 0 Å². The number of hydrogen-bond donors (Lipinski definition) is 1. The maximum Gasteiger partial charge on any atom is 0.325 e. The van der Waals surface area contributed by atoms with E-state index in [0.717, 1.165) is 0 Å². The Labute approximate surface area is 123 Å². The lowest BCUT2D eigenvalue weighted by Gasteiger charge is -2.25. The normalized spacial score (nSPS) is 15.4. The van der Waals surface area contributed by atoms with Crippen LogP contribution in [0.4, 0.5) is 5.69 Å². The predicted octanol–water partition coefficient (Wildman–Crippen LogP) is 1.30. The number of benzene rings is 1. The van der Waals surface area contributed by atoms with E-state index >= 15 is 0 Å². The smallest absolute Gasteiger partial charge is 0.325 e. The second kappa shape index (κ2) is 7.64. The summed E-state index contributed by atoms with van der Waals surface area (Å²) in [5.41, 5.74) is 0.684.